The molecule has 1 saturated heterocycles. The van der Waals surface area contributed by atoms with Crippen LogP contribution >= 0.6 is 39.1 Å². The molecule has 1 saturated carbocycles. The molecule has 16 heteroatoms. The van der Waals surface area contributed by atoms with Crippen molar-refractivity contribution in [3.8, 4) is 29.4 Å². The van der Waals surface area contributed by atoms with Crippen molar-refractivity contribution in [3.05, 3.63) is 87.0 Å². The molecule has 2 aliphatic rings. The standard InChI is InChI=1S/C25H29ClFN5O2.C11H10BrClFN3O/c1-3-10-32-25(34-19-6-7-22(27)21(26)12-19)29-23(30-32)13-20-16-4-5-17(20)15-31(14-16)18-8-9-28-24(11-18)33-2;1-2-5-17-11(15-10(12)16-17)18-7-3-4-9(14)8(13)6-7/h6-9,11-12,16-17,20H,3-5,10,13-15H2,1-2H3;3-4,6H,2,5H2,1H3/t16-,17+,20?;. The molecule has 3 atom stereocenters. The van der Waals surface area contributed by atoms with Crippen LogP contribution in [0.3, 0.4) is 0 Å². The van der Waals surface area contributed by atoms with Gasteiger partial charge in [-0.05, 0) is 89.7 Å². The van der Waals surface area contributed by atoms with Crippen molar-refractivity contribution >= 4 is 44.8 Å². The topological polar surface area (TPSA) is 105 Å². The van der Waals surface area contributed by atoms with Crippen LogP contribution in [0.4, 0.5) is 14.5 Å². The van der Waals surface area contributed by atoms with E-state index in [9.17, 15) is 8.78 Å². The van der Waals surface area contributed by atoms with Crippen molar-refractivity contribution in [2.45, 2.75) is 59.0 Å². The predicted octanol–water partition coefficient (Wildman–Crippen LogP) is 9.42. The van der Waals surface area contributed by atoms with Crippen LogP contribution in [-0.2, 0) is 19.5 Å². The number of rotatable bonds is 12. The number of methoxy groups -OCH3 is 1. The molecule has 2 aromatic carbocycles. The summed E-state index contributed by atoms with van der Waals surface area (Å²) in [6, 6.07) is 13.3. The number of fused-ring (bicyclic) bond motifs is 2. The molecule has 1 unspecified atom stereocenters. The van der Waals surface area contributed by atoms with Gasteiger partial charge in [-0.15, -0.1) is 5.10 Å². The van der Waals surface area contributed by atoms with Gasteiger partial charge in [-0.25, -0.2) is 23.1 Å². The zero-order valence-corrected chi connectivity index (χ0v) is 32.1. The molecular weight excluding hydrogens is 781 g/mol. The van der Waals surface area contributed by atoms with Gasteiger partial charge in [0.15, 0.2) is 5.82 Å². The van der Waals surface area contributed by atoms with Gasteiger partial charge in [0, 0.05) is 62.7 Å². The number of aromatic nitrogens is 7. The number of pyridine rings is 1. The molecule has 7 rings (SSSR count). The fourth-order valence-corrected chi connectivity index (χ4v) is 7.40. The van der Waals surface area contributed by atoms with Crippen molar-refractivity contribution in [2.75, 3.05) is 25.1 Å². The summed E-state index contributed by atoms with van der Waals surface area (Å²) in [6.45, 7) is 7.52. The van der Waals surface area contributed by atoms with Crippen LogP contribution in [0, 0.1) is 29.4 Å². The Morgan fingerprint density at radius 2 is 1.38 bits per heavy atom. The lowest BCUT2D eigenvalue weighted by Crippen LogP contribution is -2.42. The van der Waals surface area contributed by atoms with E-state index in [1.54, 1.807) is 22.5 Å². The fraction of sp³-hybridized carbons (Fsp3) is 0.417. The minimum atomic E-state index is -0.486. The Balaban J connectivity index is 0.000000217. The van der Waals surface area contributed by atoms with Gasteiger partial charge in [0.2, 0.25) is 10.6 Å². The lowest BCUT2D eigenvalue weighted by molar-refractivity contribution is 0.265. The number of hydrogen-bond donors (Lipinski definition) is 0. The van der Waals surface area contributed by atoms with E-state index in [4.69, 9.17) is 47.5 Å². The van der Waals surface area contributed by atoms with Gasteiger partial charge in [0.1, 0.15) is 23.1 Å². The first-order valence-electron chi connectivity index (χ1n) is 17.2. The van der Waals surface area contributed by atoms with Crippen molar-refractivity contribution in [2.24, 2.45) is 17.8 Å². The molecule has 1 aliphatic carbocycles. The van der Waals surface area contributed by atoms with Gasteiger partial charge in [-0.3, -0.25) is 0 Å². The number of nitrogens with zero attached hydrogens (tertiary/aromatic N) is 8. The average molecular weight is 821 g/mol. The second-order valence-electron chi connectivity index (χ2n) is 12.7. The monoisotopic (exact) mass is 818 g/mol. The van der Waals surface area contributed by atoms with Gasteiger partial charge in [-0.2, -0.15) is 15.1 Å². The molecule has 2 bridgehead atoms. The van der Waals surface area contributed by atoms with E-state index in [0.717, 1.165) is 38.2 Å². The molecular formula is C36H39BrCl2F2N8O3. The normalized spacial score (nSPS) is 17.8. The summed E-state index contributed by atoms with van der Waals surface area (Å²) in [6.07, 6.45) is 6.89. The first kappa shape index (κ1) is 37.7. The summed E-state index contributed by atoms with van der Waals surface area (Å²) in [7, 11) is 1.65. The Labute approximate surface area is 319 Å². The van der Waals surface area contributed by atoms with E-state index in [1.807, 2.05) is 19.2 Å². The molecule has 3 aromatic heterocycles. The van der Waals surface area contributed by atoms with Crippen LogP contribution < -0.4 is 19.1 Å². The fourth-order valence-electron chi connectivity index (χ4n) is 6.72. The van der Waals surface area contributed by atoms with Crippen LogP contribution in [0.15, 0.2) is 59.5 Å². The predicted molar refractivity (Wildman–Crippen MR) is 198 cm³/mol. The summed E-state index contributed by atoms with van der Waals surface area (Å²) in [5, 5.41) is 8.92. The van der Waals surface area contributed by atoms with Crippen molar-refractivity contribution in [3.63, 3.8) is 0 Å². The number of anilines is 1. The molecule has 5 aromatic rings. The molecule has 0 amide bonds. The zero-order chi connectivity index (χ0) is 36.8. The molecule has 0 spiro atoms. The van der Waals surface area contributed by atoms with Gasteiger partial charge in [0.25, 0.3) is 0 Å². The minimum Gasteiger partial charge on any atom is -0.481 e. The maximum absolute atomic E-state index is 13.5. The largest absolute Gasteiger partial charge is 0.481 e. The summed E-state index contributed by atoms with van der Waals surface area (Å²) in [5.74, 6) is 3.09. The lowest BCUT2D eigenvalue weighted by atomic mass is 9.82. The molecule has 4 heterocycles. The molecule has 1 aliphatic heterocycles. The quantitative estimate of drug-likeness (QED) is 0.122. The average Bonchev–Trinajstić information content (AvgIpc) is 3.74. The van der Waals surface area contributed by atoms with E-state index < -0.39 is 11.6 Å². The maximum atomic E-state index is 13.5. The van der Waals surface area contributed by atoms with Crippen LogP contribution in [0.2, 0.25) is 10.0 Å². The number of ether oxygens (including phenoxy) is 3. The van der Waals surface area contributed by atoms with Gasteiger partial charge in [-0.1, -0.05) is 37.0 Å². The molecule has 52 heavy (non-hydrogen) atoms. The van der Waals surface area contributed by atoms with Crippen molar-refractivity contribution < 1.29 is 23.0 Å². The van der Waals surface area contributed by atoms with E-state index in [1.165, 1.54) is 48.9 Å². The summed E-state index contributed by atoms with van der Waals surface area (Å²) < 4.78 is 47.2. The van der Waals surface area contributed by atoms with E-state index in [0.29, 0.717) is 65.0 Å². The minimum absolute atomic E-state index is 0.00752. The number of hydrogen-bond acceptors (Lipinski definition) is 9. The van der Waals surface area contributed by atoms with Crippen LogP contribution in [0.1, 0.15) is 45.4 Å². The second-order valence-corrected chi connectivity index (χ2v) is 14.2. The summed E-state index contributed by atoms with van der Waals surface area (Å²) in [4.78, 5) is 15.5. The first-order valence-corrected chi connectivity index (χ1v) is 18.7. The summed E-state index contributed by atoms with van der Waals surface area (Å²) in [5.41, 5.74) is 1.17. The number of aryl methyl sites for hydroxylation is 2. The Hall–Kier alpha value is -4.01. The third-order valence-corrected chi connectivity index (χ3v) is 10.0. The molecule has 276 valence electrons. The van der Waals surface area contributed by atoms with Crippen molar-refractivity contribution in [1.29, 1.82) is 0 Å². The van der Waals surface area contributed by atoms with Crippen LogP contribution in [-0.4, -0.2) is 54.7 Å². The van der Waals surface area contributed by atoms with E-state index >= 15 is 0 Å². The van der Waals surface area contributed by atoms with Gasteiger partial charge in [0.05, 0.1) is 17.2 Å². The highest BCUT2D eigenvalue weighted by atomic mass is 79.9. The second kappa shape index (κ2) is 17.2. The third kappa shape index (κ3) is 9.13. The number of halogens is 5. The van der Waals surface area contributed by atoms with E-state index in [2.05, 4.69) is 48.9 Å². The highest BCUT2D eigenvalue weighted by Crippen LogP contribution is 2.45. The summed E-state index contributed by atoms with van der Waals surface area (Å²) >= 11 is 14.8. The number of piperidine rings is 1. The van der Waals surface area contributed by atoms with Gasteiger partial charge < -0.3 is 19.1 Å². The Bertz CT molecular complexity index is 1970. The van der Waals surface area contributed by atoms with Crippen LogP contribution in [0.5, 0.6) is 29.4 Å². The highest BCUT2D eigenvalue weighted by molar-refractivity contribution is 9.10. The Morgan fingerprint density at radius 1 is 0.808 bits per heavy atom. The van der Waals surface area contributed by atoms with E-state index in [-0.39, 0.29) is 10.0 Å². The Kier molecular flexibility index (Phi) is 12.5. The highest BCUT2D eigenvalue weighted by Gasteiger charge is 2.42. The SMILES string of the molecule is CCCn1nc(Br)nc1Oc1ccc(F)c(Cl)c1.CCCn1nc(CC2[C@@H]3CC[C@H]2CN(c2ccnc(OC)c2)C3)nc1Oc1ccc(F)c(Cl)c1. The number of benzene rings is 2. The first-order chi connectivity index (χ1) is 25.1. The van der Waals surface area contributed by atoms with Crippen molar-refractivity contribution in [1.82, 2.24) is 34.5 Å². The molecule has 0 radical (unpaired) electrons. The zero-order valence-electron chi connectivity index (χ0n) is 29.0. The van der Waals surface area contributed by atoms with Crippen LogP contribution in [0.25, 0.3) is 0 Å². The smallest absolute Gasteiger partial charge is 0.321 e. The molecule has 2 fully saturated rings. The Morgan fingerprint density at radius 3 is 1.94 bits per heavy atom. The van der Waals surface area contributed by atoms with Gasteiger partial charge >= 0.3 is 12.0 Å². The maximum Gasteiger partial charge on any atom is 0.321 e. The molecule has 11 nitrogen and oxygen atoms in total. The lowest BCUT2D eigenvalue weighted by Gasteiger charge is -2.39. The molecule has 0 N–H and O–H groups in total. The third-order valence-electron chi connectivity index (χ3n) is 9.10.